The number of aryl methyl sites for hydroxylation is 1. The molecule has 2 N–H and O–H groups in total. The summed E-state index contributed by atoms with van der Waals surface area (Å²) in [6.07, 6.45) is -3.74. The molecule has 2 aromatic heterocycles. The molecule has 0 bridgehead atoms. The van der Waals surface area contributed by atoms with Gasteiger partial charge in [-0.15, -0.1) is 0 Å². The van der Waals surface area contributed by atoms with Crippen molar-refractivity contribution in [1.29, 1.82) is 0 Å². The van der Waals surface area contributed by atoms with Crippen molar-refractivity contribution in [2.45, 2.75) is 31.0 Å². The largest absolute Gasteiger partial charge is 0.481 e. The average molecular weight is 539 g/mol. The monoisotopic (exact) mass is 538 g/mol. The van der Waals surface area contributed by atoms with Gasteiger partial charge in [0.2, 0.25) is 0 Å². The Bertz CT molecular complexity index is 1450. The number of aromatic nitrogens is 2. The van der Waals surface area contributed by atoms with Gasteiger partial charge in [0.15, 0.2) is 5.03 Å². The first kappa shape index (κ1) is 26.3. The molecule has 37 heavy (non-hydrogen) atoms. The number of carbonyl (C=O) groups is 1. The number of carboxylic acids is 1. The van der Waals surface area contributed by atoms with E-state index in [2.05, 4.69) is 14.7 Å². The second-order valence-electron chi connectivity index (χ2n) is 8.61. The highest BCUT2D eigenvalue weighted by atomic mass is 32.2. The van der Waals surface area contributed by atoms with Crippen molar-refractivity contribution in [3.05, 3.63) is 65.5 Å². The molecule has 0 amide bonds. The number of sulfonamides is 1. The van der Waals surface area contributed by atoms with E-state index < -0.39 is 56.0 Å². The fraction of sp³-hybridized carbons (Fsp3) is 0.292. The van der Waals surface area contributed by atoms with Crippen LogP contribution in [0.3, 0.4) is 0 Å². The Balaban J connectivity index is 1.68. The molecular weight excluding hydrogens is 516 g/mol. The first-order chi connectivity index (χ1) is 17.3. The molecule has 1 fully saturated rings. The van der Waals surface area contributed by atoms with E-state index >= 15 is 0 Å². The standard InChI is InChI=1S/C24H22F4N4O4S/c1-14-7-8-16(25)12-17(14)22-18(24(26,27)28)9-10-19(29-22)31-37(35,36)21-6-2-5-20(30-21)32-11-3-4-15(13-32)23(33)34/h2,5-10,12,15H,3-4,11,13H2,1H3,(H,29,31)(H,33,34)/t15-/m0/s1. The number of alkyl halides is 3. The molecule has 1 atom stereocenters. The van der Waals surface area contributed by atoms with Crippen molar-refractivity contribution in [3.63, 3.8) is 0 Å². The lowest BCUT2D eigenvalue weighted by Crippen LogP contribution is -2.39. The van der Waals surface area contributed by atoms with E-state index in [1.807, 2.05) is 0 Å². The lowest BCUT2D eigenvalue weighted by molar-refractivity contribution is -0.142. The summed E-state index contributed by atoms with van der Waals surface area (Å²) in [4.78, 5) is 21.1. The maximum absolute atomic E-state index is 13.8. The van der Waals surface area contributed by atoms with E-state index in [4.69, 9.17) is 0 Å². The molecule has 196 valence electrons. The molecule has 1 saturated heterocycles. The Hall–Kier alpha value is -3.74. The van der Waals surface area contributed by atoms with Gasteiger partial charge in [-0.25, -0.2) is 14.4 Å². The Morgan fingerprint density at radius 2 is 1.89 bits per heavy atom. The second kappa shape index (κ2) is 9.96. The van der Waals surface area contributed by atoms with Gasteiger partial charge in [0.05, 0.1) is 17.2 Å². The minimum Gasteiger partial charge on any atom is -0.481 e. The summed E-state index contributed by atoms with van der Waals surface area (Å²) in [5.41, 5.74) is -1.59. The van der Waals surface area contributed by atoms with Gasteiger partial charge < -0.3 is 10.0 Å². The second-order valence-corrected chi connectivity index (χ2v) is 10.2. The lowest BCUT2D eigenvalue weighted by Gasteiger charge is -2.31. The van der Waals surface area contributed by atoms with Crippen LogP contribution < -0.4 is 9.62 Å². The molecule has 0 aliphatic carbocycles. The third-order valence-corrected chi connectivity index (χ3v) is 7.23. The molecule has 8 nitrogen and oxygen atoms in total. The van der Waals surface area contributed by atoms with Crippen molar-refractivity contribution in [1.82, 2.24) is 9.97 Å². The number of anilines is 2. The molecule has 1 aliphatic heterocycles. The van der Waals surface area contributed by atoms with E-state index in [0.29, 0.717) is 31.0 Å². The summed E-state index contributed by atoms with van der Waals surface area (Å²) in [7, 11) is -4.39. The summed E-state index contributed by atoms with van der Waals surface area (Å²) in [5.74, 6) is -2.50. The number of pyridine rings is 2. The number of nitrogens with one attached hydrogen (secondary N) is 1. The molecule has 3 heterocycles. The Morgan fingerprint density at radius 1 is 1.14 bits per heavy atom. The lowest BCUT2D eigenvalue weighted by atomic mass is 9.98. The summed E-state index contributed by atoms with van der Waals surface area (Å²) < 4.78 is 83.1. The van der Waals surface area contributed by atoms with E-state index in [0.717, 1.165) is 18.2 Å². The minimum absolute atomic E-state index is 0.133. The molecule has 0 radical (unpaired) electrons. The summed E-state index contributed by atoms with van der Waals surface area (Å²) in [5, 5.41) is 8.88. The first-order valence-electron chi connectivity index (χ1n) is 11.2. The fourth-order valence-electron chi connectivity index (χ4n) is 4.11. The summed E-state index contributed by atoms with van der Waals surface area (Å²) in [6.45, 7) is 2.14. The third kappa shape index (κ3) is 5.82. The van der Waals surface area contributed by atoms with Crippen molar-refractivity contribution in [3.8, 4) is 11.3 Å². The zero-order chi connectivity index (χ0) is 27.0. The molecule has 4 rings (SSSR count). The quantitative estimate of drug-likeness (QED) is 0.437. The molecule has 3 aromatic rings. The van der Waals surface area contributed by atoms with Gasteiger partial charge in [-0.3, -0.25) is 9.52 Å². The number of carboxylic acid groups (broad SMARTS) is 1. The minimum atomic E-state index is -4.82. The van der Waals surface area contributed by atoms with Crippen LogP contribution >= 0.6 is 0 Å². The first-order valence-corrected chi connectivity index (χ1v) is 12.7. The van der Waals surface area contributed by atoms with E-state index in [9.17, 15) is 35.9 Å². The number of aliphatic carboxylic acids is 1. The van der Waals surface area contributed by atoms with Crippen LogP contribution in [0.1, 0.15) is 24.0 Å². The molecule has 0 saturated carbocycles. The number of rotatable bonds is 6. The van der Waals surface area contributed by atoms with Gasteiger partial charge in [-0.05, 0) is 61.7 Å². The van der Waals surface area contributed by atoms with Crippen LogP contribution in [0.4, 0.5) is 29.2 Å². The predicted molar refractivity (Wildman–Crippen MR) is 127 cm³/mol. The van der Waals surface area contributed by atoms with Gasteiger partial charge in [0, 0.05) is 18.7 Å². The van der Waals surface area contributed by atoms with Gasteiger partial charge >= 0.3 is 12.1 Å². The predicted octanol–water partition coefficient (Wildman–Crippen LogP) is 4.71. The SMILES string of the molecule is Cc1ccc(F)cc1-c1nc(NS(=O)(=O)c2cccc(N3CCC[C@H](C(=O)O)C3)n2)ccc1C(F)(F)F. The van der Waals surface area contributed by atoms with Crippen LogP contribution in [-0.2, 0) is 21.0 Å². The molecule has 13 heteroatoms. The smallest absolute Gasteiger partial charge is 0.418 e. The van der Waals surface area contributed by atoms with Crippen LogP contribution in [0.25, 0.3) is 11.3 Å². The van der Waals surface area contributed by atoms with Crippen molar-refractivity contribution >= 4 is 27.6 Å². The van der Waals surface area contributed by atoms with Gasteiger partial charge in [0.25, 0.3) is 10.0 Å². The van der Waals surface area contributed by atoms with Crippen molar-refractivity contribution in [2.75, 3.05) is 22.7 Å². The highest BCUT2D eigenvalue weighted by molar-refractivity contribution is 7.92. The summed E-state index contributed by atoms with van der Waals surface area (Å²) >= 11 is 0. The maximum Gasteiger partial charge on any atom is 0.418 e. The van der Waals surface area contributed by atoms with Gasteiger partial charge in [-0.2, -0.15) is 21.6 Å². The number of nitrogens with zero attached hydrogens (tertiary/aromatic N) is 3. The topological polar surface area (TPSA) is 112 Å². The Morgan fingerprint density at radius 3 is 2.59 bits per heavy atom. The van der Waals surface area contributed by atoms with Crippen LogP contribution in [0, 0.1) is 18.7 Å². The van der Waals surface area contributed by atoms with Gasteiger partial charge in [-0.1, -0.05) is 12.1 Å². The summed E-state index contributed by atoms with van der Waals surface area (Å²) in [6, 6.07) is 9.02. The van der Waals surface area contributed by atoms with E-state index in [1.165, 1.54) is 25.1 Å². The fourth-order valence-corrected chi connectivity index (χ4v) is 5.07. The van der Waals surface area contributed by atoms with Crippen LogP contribution in [0.15, 0.2) is 53.6 Å². The van der Waals surface area contributed by atoms with Gasteiger partial charge in [0.1, 0.15) is 17.5 Å². The van der Waals surface area contributed by atoms with Crippen molar-refractivity contribution < 1.29 is 35.9 Å². The molecule has 0 unspecified atom stereocenters. The molecule has 1 aromatic carbocycles. The highest BCUT2D eigenvalue weighted by Gasteiger charge is 2.35. The maximum atomic E-state index is 13.8. The van der Waals surface area contributed by atoms with E-state index in [1.54, 1.807) is 11.0 Å². The van der Waals surface area contributed by atoms with Crippen molar-refractivity contribution in [2.24, 2.45) is 5.92 Å². The number of hydrogen-bond donors (Lipinski definition) is 2. The normalized spacial score (nSPS) is 16.5. The molecular formula is C24H22F4N4O4S. The van der Waals surface area contributed by atoms with Crippen LogP contribution in [-0.4, -0.2) is 42.6 Å². The number of hydrogen-bond acceptors (Lipinski definition) is 6. The number of benzene rings is 1. The van der Waals surface area contributed by atoms with E-state index in [-0.39, 0.29) is 17.9 Å². The number of halogens is 4. The Labute approximate surface area is 210 Å². The van der Waals surface area contributed by atoms with Crippen LogP contribution in [0.2, 0.25) is 0 Å². The molecule has 0 spiro atoms. The third-order valence-electron chi connectivity index (χ3n) is 5.97. The zero-order valence-corrected chi connectivity index (χ0v) is 20.3. The Kier molecular flexibility index (Phi) is 7.09. The van der Waals surface area contributed by atoms with Crippen LogP contribution in [0.5, 0.6) is 0 Å². The highest BCUT2D eigenvalue weighted by Crippen LogP contribution is 2.38. The number of piperidine rings is 1. The zero-order valence-electron chi connectivity index (χ0n) is 19.5. The molecule has 1 aliphatic rings. The average Bonchev–Trinajstić information content (AvgIpc) is 2.84.